The van der Waals surface area contributed by atoms with Crippen LogP contribution < -0.4 is 16.4 Å². The molecule has 0 bridgehead atoms. The summed E-state index contributed by atoms with van der Waals surface area (Å²) in [7, 11) is 0. The fourth-order valence-corrected chi connectivity index (χ4v) is 3.32. The summed E-state index contributed by atoms with van der Waals surface area (Å²) in [4.78, 5) is 73.0. The highest BCUT2D eigenvalue weighted by Gasteiger charge is 2.28. The first kappa shape index (κ1) is 29.5. The van der Waals surface area contributed by atoms with Crippen LogP contribution in [0.5, 0.6) is 0 Å². The van der Waals surface area contributed by atoms with Crippen molar-refractivity contribution in [3.8, 4) is 0 Å². The van der Waals surface area contributed by atoms with Gasteiger partial charge in [0.15, 0.2) is 5.78 Å². The van der Waals surface area contributed by atoms with Gasteiger partial charge in [-0.1, -0.05) is 23.2 Å². The van der Waals surface area contributed by atoms with E-state index in [0.717, 1.165) is 0 Å². The molecular weight excluding hydrogens is 529 g/mol. The van der Waals surface area contributed by atoms with Crippen LogP contribution in [0.15, 0.2) is 36.7 Å². The Morgan fingerprint density at radius 2 is 1.57 bits per heavy atom. The van der Waals surface area contributed by atoms with Crippen LogP contribution in [0.2, 0.25) is 10.0 Å². The first-order chi connectivity index (χ1) is 17.5. The molecule has 1 aliphatic carbocycles. The van der Waals surface area contributed by atoms with Crippen LogP contribution >= 0.6 is 23.2 Å². The van der Waals surface area contributed by atoms with E-state index in [1.807, 2.05) is 0 Å². The predicted molar refractivity (Wildman–Crippen MR) is 131 cm³/mol. The number of carbonyl (C=O) groups is 6. The van der Waals surface area contributed by atoms with Crippen LogP contribution in [0.25, 0.3) is 0 Å². The first-order valence-corrected chi connectivity index (χ1v) is 11.6. The number of hydrogen-bond donors (Lipinski definition) is 4. The van der Waals surface area contributed by atoms with E-state index >= 15 is 0 Å². The number of halogens is 2. The van der Waals surface area contributed by atoms with Crippen molar-refractivity contribution in [3.63, 3.8) is 0 Å². The molecule has 2 atom stereocenters. The lowest BCUT2D eigenvalue weighted by Gasteiger charge is -2.21. The molecule has 196 valence electrons. The average Bonchev–Trinajstić information content (AvgIpc) is 2.84. The molecular formula is C23H23Cl2N5O7. The molecule has 1 saturated heterocycles. The number of piperidine rings is 1. The van der Waals surface area contributed by atoms with Gasteiger partial charge in [-0.15, -0.1) is 0 Å². The molecule has 2 aromatic rings. The summed E-state index contributed by atoms with van der Waals surface area (Å²) in [5.74, 6) is -2.46. The van der Waals surface area contributed by atoms with Gasteiger partial charge >= 0.3 is 5.97 Å². The van der Waals surface area contributed by atoms with Crippen LogP contribution in [0.4, 0.5) is 0 Å². The molecule has 3 amide bonds. The molecule has 37 heavy (non-hydrogen) atoms. The number of Topliss-reactive ketones (excluding diaryl/α,β-unsaturated/α-hetero) is 2. The van der Waals surface area contributed by atoms with Gasteiger partial charge in [-0.25, -0.2) is 9.78 Å². The molecule has 12 nitrogen and oxygen atoms in total. The Morgan fingerprint density at radius 3 is 2.05 bits per heavy atom. The monoisotopic (exact) mass is 551 g/mol. The molecule has 2 fully saturated rings. The topological polar surface area (TPSA) is 199 Å². The molecule has 1 aliphatic heterocycles. The Morgan fingerprint density at radius 1 is 0.973 bits per heavy atom. The number of carboxylic acids is 1. The summed E-state index contributed by atoms with van der Waals surface area (Å²) in [6, 6.07) is 4.68. The van der Waals surface area contributed by atoms with Gasteiger partial charge in [0.05, 0.1) is 12.5 Å². The maximum absolute atomic E-state index is 11.8. The van der Waals surface area contributed by atoms with Gasteiger partial charge in [-0.3, -0.25) is 34.3 Å². The number of nitrogens with zero attached hydrogens (tertiary/aromatic N) is 2. The summed E-state index contributed by atoms with van der Waals surface area (Å²) in [6.45, 7) is 0. The first-order valence-electron chi connectivity index (χ1n) is 10.9. The number of amides is 3. The van der Waals surface area contributed by atoms with Gasteiger partial charge in [-0.2, -0.15) is 0 Å². The number of ketones is 2. The summed E-state index contributed by atoms with van der Waals surface area (Å²) in [5.41, 5.74) is 5.44. The third-order valence-corrected chi connectivity index (χ3v) is 5.43. The number of aromatic carboxylic acids is 1. The zero-order valence-electron chi connectivity index (χ0n) is 19.3. The number of hydrogen-bond acceptors (Lipinski definition) is 9. The Bertz CT molecular complexity index is 1210. The fraction of sp³-hybridized carbons (Fsp3) is 0.304. The van der Waals surface area contributed by atoms with E-state index in [4.69, 9.17) is 34.0 Å². The van der Waals surface area contributed by atoms with Crippen molar-refractivity contribution in [2.45, 2.75) is 44.2 Å². The predicted octanol–water partition coefficient (Wildman–Crippen LogP) is 1.34. The Hall–Kier alpha value is -3.74. The number of pyridine rings is 2. The lowest BCUT2D eigenvalue weighted by molar-refractivity contribution is -0.135. The van der Waals surface area contributed by atoms with Gasteiger partial charge < -0.3 is 16.2 Å². The molecule has 14 heteroatoms. The van der Waals surface area contributed by atoms with E-state index < -0.39 is 23.8 Å². The lowest BCUT2D eigenvalue weighted by atomic mass is 9.94. The number of aromatic nitrogens is 2. The number of carbonyl (C=O) groups excluding carboxylic acids is 5. The molecule has 0 radical (unpaired) electrons. The largest absolute Gasteiger partial charge is 0.477 e. The van der Waals surface area contributed by atoms with Crippen LogP contribution in [-0.4, -0.2) is 62.4 Å². The van der Waals surface area contributed by atoms with Crippen molar-refractivity contribution in [3.05, 3.63) is 58.1 Å². The summed E-state index contributed by atoms with van der Waals surface area (Å²) < 4.78 is 0. The highest BCUT2D eigenvalue weighted by atomic mass is 35.5. The third-order valence-electron chi connectivity index (χ3n) is 4.96. The van der Waals surface area contributed by atoms with Crippen molar-refractivity contribution in [2.75, 3.05) is 0 Å². The van der Waals surface area contributed by atoms with Crippen LogP contribution in [0, 0.1) is 0 Å². The number of imide groups is 1. The highest BCUT2D eigenvalue weighted by molar-refractivity contribution is 6.31. The van der Waals surface area contributed by atoms with E-state index in [-0.39, 0.29) is 54.2 Å². The number of carboxylic acid groups (broad SMARTS) is 1. The van der Waals surface area contributed by atoms with Gasteiger partial charge in [0, 0.05) is 35.3 Å². The van der Waals surface area contributed by atoms with Crippen LogP contribution in [-0.2, 0) is 19.2 Å². The van der Waals surface area contributed by atoms with E-state index in [1.54, 1.807) is 6.07 Å². The molecule has 4 rings (SSSR count). The second-order valence-electron chi connectivity index (χ2n) is 7.83. The van der Waals surface area contributed by atoms with E-state index in [2.05, 4.69) is 20.6 Å². The minimum atomic E-state index is -1.07. The summed E-state index contributed by atoms with van der Waals surface area (Å²) >= 11 is 11.2. The maximum Gasteiger partial charge on any atom is 0.354 e. The van der Waals surface area contributed by atoms with E-state index in [1.165, 1.54) is 30.6 Å². The fourth-order valence-electron chi connectivity index (χ4n) is 3.01. The average molecular weight is 552 g/mol. The van der Waals surface area contributed by atoms with Gasteiger partial charge in [0.2, 0.25) is 11.8 Å². The third kappa shape index (κ3) is 10.0. The number of rotatable bonds is 3. The molecule has 3 heterocycles. The summed E-state index contributed by atoms with van der Waals surface area (Å²) in [6.07, 6.45) is 4.33. The van der Waals surface area contributed by atoms with E-state index in [9.17, 15) is 28.8 Å². The second-order valence-corrected chi connectivity index (χ2v) is 8.70. The van der Waals surface area contributed by atoms with E-state index in [0.29, 0.717) is 22.9 Å². The maximum atomic E-state index is 11.8. The Kier molecular flexibility index (Phi) is 11.2. The molecule has 2 aromatic heterocycles. The van der Waals surface area contributed by atoms with Crippen LogP contribution in [0.3, 0.4) is 0 Å². The molecule has 5 N–H and O–H groups in total. The molecule has 2 unspecified atom stereocenters. The zero-order chi connectivity index (χ0) is 27.5. The minimum Gasteiger partial charge on any atom is -0.477 e. The minimum absolute atomic E-state index is 0.0294. The highest BCUT2D eigenvalue weighted by Crippen LogP contribution is 2.10. The quantitative estimate of drug-likeness (QED) is 0.318. The smallest absolute Gasteiger partial charge is 0.354 e. The zero-order valence-corrected chi connectivity index (χ0v) is 20.8. The number of nitrogens with two attached hydrogens (primary N) is 1. The number of nitrogens with one attached hydrogen (secondary N) is 2. The normalized spacial score (nSPS) is 18.9. The summed E-state index contributed by atoms with van der Waals surface area (Å²) in [5, 5.41) is 13.8. The van der Waals surface area contributed by atoms with Crippen molar-refractivity contribution in [1.82, 2.24) is 20.6 Å². The van der Waals surface area contributed by atoms with Gasteiger partial charge in [-0.05, 0) is 37.1 Å². The SMILES string of the molecule is NC1CCC(=O)CC1=O.O=C(O)c1cc(Cl)ccn1.O=C1CCC(NC(=O)c2cc(Cl)ccn2)C(=O)N1. The van der Waals surface area contributed by atoms with Crippen molar-refractivity contribution < 1.29 is 33.9 Å². The van der Waals surface area contributed by atoms with Gasteiger partial charge in [0.25, 0.3) is 5.91 Å². The van der Waals surface area contributed by atoms with Crippen molar-refractivity contribution >= 4 is 58.5 Å². The van der Waals surface area contributed by atoms with Gasteiger partial charge in [0.1, 0.15) is 23.2 Å². The van der Waals surface area contributed by atoms with Crippen LogP contribution in [0.1, 0.15) is 53.1 Å². The van der Waals surface area contributed by atoms with Crippen molar-refractivity contribution in [2.24, 2.45) is 5.73 Å². The van der Waals surface area contributed by atoms with Crippen molar-refractivity contribution in [1.29, 1.82) is 0 Å². The standard InChI is InChI=1S/C11H10ClN3O3.C6H4ClNO2.C6H9NO2/c12-6-3-4-13-8(5-6)11(18)14-7-1-2-9(16)15-10(7)17;7-4-1-2-8-5(3-4)6(9)10;7-5-2-1-4(8)3-6(5)9/h3-5,7H,1-2H2,(H,14,18)(H,15,16,17);1-3H,(H,9,10);5H,1-3,7H2. The molecule has 0 aromatic carbocycles. The molecule has 0 spiro atoms. The lowest BCUT2D eigenvalue weighted by Crippen LogP contribution is -2.52. The molecule has 2 aliphatic rings. The Balaban J connectivity index is 0.000000214. The Labute approximate surface area is 220 Å². The second kappa shape index (κ2) is 14.1. The molecule has 1 saturated carbocycles.